The van der Waals surface area contributed by atoms with Crippen molar-refractivity contribution in [3.63, 3.8) is 0 Å². The van der Waals surface area contributed by atoms with Crippen LogP contribution in [0, 0.1) is 0 Å². The molecule has 0 radical (unpaired) electrons. The maximum atomic E-state index is 12.2. The van der Waals surface area contributed by atoms with Crippen LogP contribution in [-0.2, 0) is 0 Å². The van der Waals surface area contributed by atoms with Gasteiger partial charge in [-0.25, -0.2) is 0 Å². The molecule has 1 aromatic heterocycles. The van der Waals surface area contributed by atoms with E-state index in [9.17, 15) is 4.79 Å². The van der Waals surface area contributed by atoms with E-state index in [4.69, 9.17) is 0 Å². The molecule has 2 rings (SSSR count). The maximum Gasteiger partial charge on any atom is 0.175 e. The summed E-state index contributed by atoms with van der Waals surface area (Å²) in [6.45, 7) is 1.95. The van der Waals surface area contributed by atoms with Gasteiger partial charge in [0.15, 0.2) is 5.78 Å². The third-order valence-electron chi connectivity index (χ3n) is 2.29. The number of Topliss-reactive ketones (excluding diaryl/α,β-unsaturated/α-hetero) is 1. The van der Waals surface area contributed by atoms with Gasteiger partial charge in [-0.1, -0.05) is 34.1 Å². The summed E-state index contributed by atoms with van der Waals surface area (Å²) in [5, 5.41) is 1.98. The molecule has 0 aliphatic heterocycles. The fourth-order valence-corrected chi connectivity index (χ4v) is 3.69. The van der Waals surface area contributed by atoms with Crippen LogP contribution in [0.4, 0.5) is 0 Å². The summed E-state index contributed by atoms with van der Waals surface area (Å²) in [4.78, 5) is 12.2. The summed E-state index contributed by atoms with van der Waals surface area (Å²) in [5.41, 5.74) is 0.768. The van der Waals surface area contributed by atoms with Crippen LogP contribution in [-0.4, -0.2) is 11.0 Å². The van der Waals surface area contributed by atoms with Gasteiger partial charge in [0.1, 0.15) is 0 Å². The molecule has 0 amide bonds. The molecule has 0 bridgehead atoms. The van der Waals surface area contributed by atoms with Crippen molar-refractivity contribution >= 4 is 44.8 Å². The molecule has 1 unspecified atom stereocenters. The lowest BCUT2D eigenvalue weighted by Gasteiger charge is -2.08. The molecule has 0 spiro atoms. The topological polar surface area (TPSA) is 17.1 Å². The van der Waals surface area contributed by atoms with Crippen LogP contribution in [0.3, 0.4) is 0 Å². The molecule has 88 valence electrons. The van der Waals surface area contributed by atoms with Crippen LogP contribution in [0.15, 0.2) is 50.5 Å². The Bertz CT molecular complexity index is 491. The lowest BCUT2D eigenvalue weighted by molar-refractivity contribution is 0.0994. The van der Waals surface area contributed by atoms with Gasteiger partial charge in [0.25, 0.3) is 0 Å². The molecule has 1 heterocycles. The summed E-state index contributed by atoms with van der Waals surface area (Å²) in [7, 11) is 0. The van der Waals surface area contributed by atoms with E-state index in [1.165, 1.54) is 4.21 Å². The molecule has 0 fully saturated rings. The first-order valence-corrected chi connectivity index (χ1v) is 7.72. The van der Waals surface area contributed by atoms with E-state index in [1.54, 1.807) is 23.1 Å². The number of thioether (sulfide) groups is 1. The Kier molecular flexibility index (Phi) is 4.42. The highest BCUT2D eigenvalue weighted by Gasteiger charge is 2.16. The van der Waals surface area contributed by atoms with Gasteiger partial charge in [0.05, 0.1) is 9.46 Å². The lowest BCUT2D eigenvalue weighted by Crippen LogP contribution is -2.12. The number of carbonyl (C=O) groups excluding carboxylic acids is 1. The third-order valence-corrected chi connectivity index (χ3v) is 4.99. The number of benzene rings is 1. The van der Waals surface area contributed by atoms with Crippen LogP contribution >= 0.6 is 39.0 Å². The zero-order valence-corrected chi connectivity index (χ0v) is 12.4. The molecule has 1 aromatic carbocycles. The van der Waals surface area contributed by atoms with Crippen LogP contribution < -0.4 is 0 Å². The van der Waals surface area contributed by atoms with E-state index in [2.05, 4.69) is 15.9 Å². The Labute approximate surface area is 117 Å². The number of thiophene rings is 1. The quantitative estimate of drug-likeness (QED) is 0.588. The van der Waals surface area contributed by atoms with E-state index in [0.29, 0.717) is 0 Å². The van der Waals surface area contributed by atoms with Crippen molar-refractivity contribution in [2.24, 2.45) is 0 Å². The van der Waals surface area contributed by atoms with Crippen molar-refractivity contribution in [2.75, 3.05) is 0 Å². The Morgan fingerprint density at radius 2 is 2.00 bits per heavy atom. The van der Waals surface area contributed by atoms with E-state index in [0.717, 1.165) is 10.0 Å². The number of rotatable bonds is 4. The highest BCUT2D eigenvalue weighted by Crippen LogP contribution is 2.29. The molecule has 0 aliphatic rings. The van der Waals surface area contributed by atoms with Crippen molar-refractivity contribution in [3.05, 3.63) is 51.8 Å². The van der Waals surface area contributed by atoms with Crippen molar-refractivity contribution in [1.29, 1.82) is 0 Å². The fraction of sp³-hybridized carbons (Fsp3) is 0.154. The molecular formula is C13H11BrOS2. The SMILES string of the molecule is CC(Sc1cccs1)C(=O)c1ccc(Br)cc1. The summed E-state index contributed by atoms with van der Waals surface area (Å²) >= 11 is 6.65. The standard InChI is InChI=1S/C13H11BrOS2/c1-9(17-12-3-2-8-16-12)13(15)10-4-6-11(14)7-5-10/h2-9H,1H3. The summed E-state index contributed by atoms with van der Waals surface area (Å²) < 4.78 is 2.18. The van der Waals surface area contributed by atoms with Gasteiger partial charge in [-0.15, -0.1) is 23.1 Å². The number of halogens is 1. The molecule has 0 saturated heterocycles. The molecule has 17 heavy (non-hydrogen) atoms. The Morgan fingerprint density at radius 3 is 2.59 bits per heavy atom. The second-order valence-electron chi connectivity index (χ2n) is 3.56. The first kappa shape index (κ1) is 12.9. The third kappa shape index (κ3) is 3.44. The average Bonchev–Trinajstić information content (AvgIpc) is 2.82. The van der Waals surface area contributed by atoms with Gasteiger partial charge in [0, 0.05) is 10.0 Å². The molecular weight excluding hydrogens is 316 g/mol. The predicted octanol–water partition coefficient (Wildman–Crippen LogP) is 4.87. The predicted molar refractivity (Wildman–Crippen MR) is 78.1 cm³/mol. The van der Waals surface area contributed by atoms with E-state index >= 15 is 0 Å². The summed E-state index contributed by atoms with van der Waals surface area (Å²) in [6, 6.07) is 11.6. The van der Waals surface area contributed by atoms with Crippen molar-refractivity contribution < 1.29 is 4.79 Å². The van der Waals surface area contributed by atoms with Gasteiger partial charge in [-0.2, -0.15) is 0 Å². The minimum Gasteiger partial charge on any atom is -0.293 e. The normalized spacial score (nSPS) is 12.4. The molecule has 0 N–H and O–H groups in total. The zero-order chi connectivity index (χ0) is 12.3. The zero-order valence-electron chi connectivity index (χ0n) is 9.22. The molecule has 1 atom stereocenters. The monoisotopic (exact) mass is 326 g/mol. The van der Waals surface area contributed by atoms with Crippen molar-refractivity contribution in [2.45, 2.75) is 16.4 Å². The average molecular weight is 327 g/mol. The smallest absolute Gasteiger partial charge is 0.175 e. The van der Waals surface area contributed by atoms with Crippen LogP contribution in [0.5, 0.6) is 0 Å². The number of ketones is 1. The van der Waals surface area contributed by atoms with Crippen LogP contribution in [0.25, 0.3) is 0 Å². The largest absolute Gasteiger partial charge is 0.293 e. The maximum absolute atomic E-state index is 12.2. The molecule has 4 heteroatoms. The highest BCUT2D eigenvalue weighted by atomic mass is 79.9. The number of hydrogen-bond donors (Lipinski definition) is 0. The first-order valence-electron chi connectivity index (χ1n) is 5.17. The van der Waals surface area contributed by atoms with Crippen LogP contribution in [0.1, 0.15) is 17.3 Å². The van der Waals surface area contributed by atoms with Gasteiger partial charge in [0.2, 0.25) is 0 Å². The minimum absolute atomic E-state index is 0.0465. The lowest BCUT2D eigenvalue weighted by atomic mass is 10.1. The van der Waals surface area contributed by atoms with E-state index in [1.807, 2.05) is 48.7 Å². The summed E-state index contributed by atoms with van der Waals surface area (Å²) in [5.74, 6) is 0.177. The van der Waals surface area contributed by atoms with Crippen molar-refractivity contribution in [1.82, 2.24) is 0 Å². The Hall–Kier alpha value is -0.580. The van der Waals surface area contributed by atoms with Crippen LogP contribution in [0.2, 0.25) is 0 Å². The molecule has 0 saturated carbocycles. The van der Waals surface area contributed by atoms with Crippen molar-refractivity contribution in [3.8, 4) is 0 Å². The minimum atomic E-state index is -0.0465. The van der Waals surface area contributed by atoms with Gasteiger partial charge >= 0.3 is 0 Å². The van der Waals surface area contributed by atoms with E-state index < -0.39 is 0 Å². The second-order valence-corrected chi connectivity index (χ2v) is 7.07. The molecule has 0 aliphatic carbocycles. The Morgan fingerprint density at radius 1 is 1.29 bits per heavy atom. The number of hydrogen-bond acceptors (Lipinski definition) is 3. The first-order chi connectivity index (χ1) is 8.16. The van der Waals surface area contributed by atoms with Gasteiger partial charge < -0.3 is 0 Å². The Balaban J connectivity index is 2.07. The molecule has 1 nitrogen and oxygen atoms in total. The molecule has 2 aromatic rings. The van der Waals surface area contributed by atoms with Gasteiger partial charge in [-0.3, -0.25) is 4.79 Å². The fourth-order valence-electron chi connectivity index (χ4n) is 1.41. The second kappa shape index (κ2) is 5.85. The number of carbonyl (C=O) groups is 1. The highest BCUT2D eigenvalue weighted by molar-refractivity contribution is 9.10. The summed E-state index contributed by atoms with van der Waals surface area (Å²) in [6.07, 6.45) is 0. The van der Waals surface area contributed by atoms with E-state index in [-0.39, 0.29) is 11.0 Å². The van der Waals surface area contributed by atoms with Gasteiger partial charge in [-0.05, 0) is 30.5 Å².